The largest absolute Gasteiger partial charge is 0.283 e. The molecule has 1 heterocycles. The first kappa shape index (κ1) is 12.2. The molecule has 1 aromatic heterocycles. The average molecular weight is 236 g/mol. The van der Waals surface area contributed by atoms with E-state index >= 15 is 0 Å². The number of aromatic nitrogens is 1. The van der Waals surface area contributed by atoms with Gasteiger partial charge in [-0.3, -0.25) is 9.98 Å². The lowest BCUT2D eigenvalue weighted by Crippen LogP contribution is -1.95. The molecule has 0 saturated carbocycles. The molecule has 0 fully saturated rings. The molecule has 0 bridgehead atoms. The van der Waals surface area contributed by atoms with Gasteiger partial charge in [0.2, 0.25) is 0 Å². The second-order valence-corrected chi connectivity index (χ2v) is 3.98. The maximum absolute atomic E-state index is 4.60. The highest BCUT2D eigenvalue weighted by atomic mass is 14.8. The third-order valence-corrected chi connectivity index (χ3v) is 2.65. The highest BCUT2D eigenvalue weighted by Crippen LogP contribution is 2.20. The van der Waals surface area contributed by atoms with Crippen LogP contribution in [0.2, 0.25) is 0 Å². The molecule has 90 valence electrons. The van der Waals surface area contributed by atoms with Gasteiger partial charge in [0.1, 0.15) is 0 Å². The van der Waals surface area contributed by atoms with E-state index in [1.807, 2.05) is 48.7 Å². The molecular formula is C16H16N2. The Balaban J connectivity index is 2.17. The highest BCUT2D eigenvalue weighted by Gasteiger charge is 2.06. The zero-order valence-electron chi connectivity index (χ0n) is 10.2. The minimum absolute atomic E-state index is 0.116. The van der Waals surface area contributed by atoms with E-state index in [4.69, 9.17) is 0 Å². The smallest absolute Gasteiger partial charge is 0.0808 e. The minimum Gasteiger partial charge on any atom is -0.283 e. The molecule has 0 aliphatic rings. The molecule has 0 saturated heterocycles. The van der Waals surface area contributed by atoms with Gasteiger partial charge in [0.25, 0.3) is 0 Å². The minimum atomic E-state index is 0.116. The number of benzene rings is 1. The first-order valence-electron chi connectivity index (χ1n) is 6.00. The van der Waals surface area contributed by atoms with Crippen molar-refractivity contribution in [1.82, 2.24) is 4.98 Å². The fourth-order valence-corrected chi connectivity index (χ4v) is 1.73. The van der Waals surface area contributed by atoms with Crippen LogP contribution in [-0.2, 0) is 0 Å². The monoisotopic (exact) mass is 236 g/mol. The van der Waals surface area contributed by atoms with Crippen LogP contribution in [0.4, 0.5) is 0 Å². The van der Waals surface area contributed by atoms with Crippen LogP contribution in [0, 0.1) is 0 Å². The molecule has 2 nitrogen and oxygen atoms in total. The summed E-state index contributed by atoms with van der Waals surface area (Å²) in [4.78, 5) is 8.82. The highest BCUT2D eigenvalue weighted by molar-refractivity contribution is 5.76. The zero-order chi connectivity index (χ0) is 12.6. The fourth-order valence-electron chi connectivity index (χ4n) is 1.73. The molecule has 1 atom stereocenters. The maximum atomic E-state index is 4.60. The van der Waals surface area contributed by atoms with E-state index in [0.717, 1.165) is 12.1 Å². The molecule has 0 spiro atoms. The van der Waals surface area contributed by atoms with Crippen molar-refractivity contribution in [1.29, 1.82) is 0 Å². The van der Waals surface area contributed by atoms with E-state index < -0.39 is 0 Å². The quantitative estimate of drug-likeness (QED) is 0.572. The van der Waals surface area contributed by atoms with Crippen LogP contribution in [0.1, 0.15) is 23.7 Å². The van der Waals surface area contributed by atoms with Crippen LogP contribution in [0.15, 0.2) is 72.4 Å². The van der Waals surface area contributed by atoms with Crippen molar-refractivity contribution < 1.29 is 0 Å². The molecule has 0 amide bonds. The Hall–Kier alpha value is -2.22. The molecule has 1 unspecified atom stereocenters. The Labute approximate surface area is 108 Å². The van der Waals surface area contributed by atoms with Gasteiger partial charge in [-0.05, 0) is 24.1 Å². The van der Waals surface area contributed by atoms with E-state index in [0.29, 0.717) is 0 Å². The van der Waals surface area contributed by atoms with Crippen molar-refractivity contribution in [3.8, 4) is 0 Å². The van der Waals surface area contributed by atoms with Crippen LogP contribution in [0.3, 0.4) is 0 Å². The molecule has 18 heavy (non-hydrogen) atoms. The normalized spacial score (nSPS) is 12.4. The molecule has 0 aliphatic heterocycles. The van der Waals surface area contributed by atoms with E-state index in [2.05, 4.69) is 28.7 Å². The van der Waals surface area contributed by atoms with Crippen LogP contribution in [-0.4, -0.2) is 11.2 Å². The summed E-state index contributed by atoms with van der Waals surface area (Å²) in [5.74, 6) is 0. The van der Waals surface area contributed by atoms with E-state index in [-0.39, 0.29) is 6.04 Å². The molecule has 2 rings (SSSR count). The van der Waals surface area contributed by atoms with Gasteiger partial charge in [-0.1, -0.05) is 42.5 Å². The van der Waals surface area contributed by atoms with Gasteiger partial charge in [0, 0.05) is 12.4 Å². The maximum Gasteiger partial charge on any atom is 0.0808 e. The van der Waals surface area contributed by atoms with Crippen LogP contribution >= 0.6 is 0 Å². The Morgan fingerprint density at radius 3 is 2.56 bits per heavy atom. The summed E-state index contributed by atoms with van der Waals surface area (Å²) in [5, 5.41) is 0. The topological polar surface area (TPSA) is 25.2 Å². The zero-order valence-corrected chi connectivity index (χ0v) is 10.2. The molecule has 2 aromatic rings. The molecule has 2 heteroatoms. The number of rotatable bonds is 5. The number of hydrogen-bond donors (Lipinski definition) is 0. The standard InChI is InChI=1S/C16H16N2/c1-2-8-16(14-9-4-3-5-10-14)18-13-15-11-6-7-12-17-15/h2-7,9-13,16H,1,8H2/b18-13+. The van der Waals surface area contributed by atoms with Gasteiger partial charge < -0.3 is 0 Å². The van der Waals surface area contributed by atoms with E-state index in [1.54, 1.807) is 6.20 Å². The third kappa shape index (κ3) is 3.39. The summed E-state index contributed by atoms with van der Waals surface area (Å²) in [6.45, 7) is 3.79. The average Bonchev–Trinajstić information content (AvgIpc) is 2.45. The van der Waals surface area contributed by atoms with Gasteiger partial charge in [-0.2, -0.15) is 0 Å². The first-order valence-corrected chi connectivity index (χ1v) is 6.00. The number of aliphatic imine (C=N–C) groups is 1. The van der Waals surface area contributed by atoms with Crippen molar-refractivity contribution in [2.75, 3.05) is 0 Å². The van der Waals surface area contributed by atoms with Gasteiger partial charge in [-0.25, -0.2) is 0 Å². The summed E-state index contributed by atoms with van der Waals surface area (Å²) >= 11 is 0. The Kier molecular flexibility index (Phi) is 4.42. The van der Waals surface area contributed by atoms with Crippen LogP contribution in [0.25, 0.3) is 0 Å². The molecule has 0 N–H and O–H groups in total. The summed E-state index contributed by atoms with van der Waals surface area (Å²) in [6, 6.07) is 16.2. The molecule has 0 aliphatic carbocycles. The number of nitrogens with zero attached hydrogens (tertiary/aromatic N) is 2. The van der Waals surface area contributed by atoms with Gasteiger partial charge in [0.05, 0.1) is 11.7 Å². The Bertz CT molecular complexity index is 503. The van der Waals surface area contributed by atoms with Crippen molar-refractivity contribution in [2.45, 2.75) is 12.5 Å². The number of hydrogen-bond acceptors (Lipinski definition) is 2. The van der Waals surface area contributed by atoms with E-state index in [1.165, 1.54) is 5.56 Å². The molecule has 0 radical (unpaired) electrons. The van der Waals surface area contributed by atoms with Crippen LogP contribution in [0.5, 0.6) is 0 Å². The summed E-state index contributed by atoms with van der Waals surface area (Å²) < 4.78 is 0. The SMILES string of the molecule is C=CCC(/N=C/c1ccccn1)c1ccccc1. The van der Waals surface area contributed by atoms with Crippen molar-refractivity contribution in [3.63, 3.8) is 0 Å². The van der Waals surface area contributed by atoms with Gasteiger partial charge >= 0.3 is 0 Å². The lowest BCUT2D eigenvalue weighted by molar-refractivity contribution is 0.748. The van der Waals surface area contributed by atoms with Gasteiger partial charge in [0.15, 0.2) is 0 Å². The van der Waals surface area contributed by atoms with Crippen molar-refractivity contribution in [3.05, 3.63) is 78.6 Å². The third-order valence-electron chi connectivity index (χ3n) is 2.65. The second-order valence-electron chi connectivity index (χ2n) is 3.98. The number of pyridine rings is 1. The Morgan fingerprint density at radius 1 is 1.11 bits per heavy atom. The van der Waals surface area contributed by atoms with Gasteiger partial charge in [-0.15, -0.1) is 6.58 Å². The van der Waals surface area contributed by atoms with Crippen molar-refractivity contribution in [2.24, 2.45) is 4.99 Å². The summed E-state index contributed by atoms with van der Waals surface area (Å²) in [6.07, 6.45) is 6.31. The summed E-state index contributed by atoms with van der Waals surface area (Å²) in [7, 11) is 0. The lowest BCUT2D eigenvalue weighted by Gasteiger charge is -2.09. The van der Waals surface area contributed by atoms with E-state index in [9.17, 15) is 0 Å². The van der Waals surface area contributed by atoms with Crippen LogP contribution < -0.4 is 0 Å². The fraction of sp³-hybridized carbons (Fsp3) is 0.125. The first-order chi connectivity index (χ1) is 8.90. The molecular weight excluding hydrogens is 220 g/mol. The lowest BCUT2D eigenvalue weighted by atomic mass is 10.0. The molecule has 1 aromatic carbocycles. The predicted molar refractivity (Wildman–Crippen MR) is 75.8 cm³/mol. The van der Waals surface area contributed by atoms with Crippen molar-refractivity contribution >= 4 is 6.21 Å². The predicted octanol–water partition coefficient (Wildman–Crippen LogP) is 3.82. The second kappa shape index (κ2) is 6.50. The summed E-state index contributed by atoms with van der Waals surface area (Å²) in [5.41, 5.74) is 2.08. The Morgan fingerprint density at radius 2 is 1.89 bits per heavy atom.